The van der Waals surface area contributed by atoms with Gasteiger partial charge >= 0.3 is 15.6 Å². The van der Waals surface area contributed by atoms with Gasteiger partial charge in [-0.15, -0.1) is 0 Å². The lowest BCUT2D eigenvalue weighted by molar-refractivity contribution is 0.229. The zero-order valence-corrected chi connectivity index (χ0v) is 8.64. The molecule has 1 rings (SSSR count). The molecule has 0 aromatic heterocycles. The zero-order valence-electron chi connectivity index (χ0n) is 6.85. The Labute approximate surface area is 79.3 Å². The maximum Gasteiger partial charge on any atom is 0.524 e. The van der Waals surface area contributed by atoms with Crippen molar-refractivity contribution in [2.24, 2.45) is 0 Å². The molecule has 0 aliphatic heterocycles. The third kappa shape index (κ3) is 11.8. The molecule has 0 bridgehead atoms. The van der Waals surface area contributed by atoms with Crippen LogP contribution in [0.5, 0.6) is 0 Å². The fourth-order valence-electron chi connectivity index (χ4n) is 0.498. The second kappa shape index (κ2) is 5.04. The van der Waals surface area contributed by atoms with Crippen LogP contribution in [0.3, 0.4) is 0 Å². The lowest BCUT2D eigenvalue weighted by Crippen LogP contribution is -1.97. The van der Waals surface area contributed by atoms with Crippen molar-refractivity contribution in [1.82, 2.24) is 0 Å². The van der Waals surface area contributed by atoms with E-state index in [1.165, 1.54) is 0 Å². The fourth-order valence-corrected chi connectivity index (χ4v) is 0.969. The molecule has 0 spiro atoms. The number of phosphoric ester groups is 1. The molecule has 0 aromatic rings. The van der Waals surface area contributed by atoms with Crippen LogP contribution in [0.15, 0.2) is 11.8 Å². The Balaban J connectivity index is 0.000000292. The van der Waals surface area contributed by atoms with Gasteiger partial charge in [0.2, 0.25) is 0 Å². The highest BCUT2D eigenvalue weighted by atomic mass is 31.2. The lowest BCUT2D eigenvalue weighted by Gasteiger charge is -2.15. The highest BCUT2D eigenvalue weighted by Gasteiger charge is 2.19. The van der Waals surface area contributed by atoms with Gasteiger partial charge in [0.05, 0.1) is 0 Å². The molecule has 0 unspecified atom stereocenters. The van der Waals surface area contributed by atoms with Crippen LogP contribution < -0.4 is 0 Å². The summed E-state index contributed by atoms with van der Waals surface area (Å²) in [5, 5.41) is 0. The van der Waals surface area contributed by atoms with Gasteiger partial charge in [0.1, 0.15) is 5.76 Å². The standard InChI is InChI=1S/C4H7O4P.H3O4P/c5-9(6,7)8-4-2-1-3-4;1-5(2,3)4/h2H,1,3H2,(H2,5,6,7);(H3,1,2,3,4). The van der Waals surface area contributed by atoms with Crippen molar-refractivity contribution in [3.8, 4) is 0 Å². The van der Waals surface area contributed by atoms with Gasteiger partial charge in [-0.2, -0.15) is 0 Å². The molecule has 14 heavy (non-hydrogen) atoms. The molecule has 0 aromatic carbocycles. The number of hydrogen-bond acceptors (Lipinski definition) is 3. The van der Waals surface area contributed by atoms with Crippen LogP contribution in [-0.2, 0) is 13.7 Å². The van der Waals surface area contributed by atoms with Crippen LogP contribution in [0.2, 0.25) is 0 Å². The Morgan fingerprint density at radius 3 is 1.57 bits per heavy atom. The predicted octanol–water partition coefficient (Wildman–Crippen LogP) is -0.155. The van der Waals surface area contributed by atoms with Crippen molar-refractivity contribution in [2.75, 3.05) is 0 Å². The summed E-state index contributed by atoms with van der Waals surface area (Å²) >= 11 is 0. The maximum atomic E-state index is 10.1. The molecule has 0 saturated carbocycles. The first-order valence-corrected chi connectivity index (χ1v) is 6.40. The summed E-state index contributed by atoms with van der Waals surface area (Å²) in [6, 6.07) is 0. The van der Waals surface area contributed by atoms with Gasteiger partial charge in [-0.25, -0.2) is 9.13 Å². The van der Waals surface area contributed by atoms with Crippen molar-refractivity contribution in [1.29, 1.82) is 0 Å². The third-order valence-corrected chi connectivity index (χ3v) is 1.47. The predicted molar refractivity (Wildman–Crippen MR) is 44.7 cm³/mol. The first-order valence-electron chi connectivity index (χ1n) is 3.30. The minimum absolute atomic E-state index is 0.406. The van der Waals surface area contributed by atoms with E-state index in [1.807, 2.05) is 0 Å². The van der Waals surface area contributed by atoms with Crippen LogP contribution in [0.25, 0.3) is 0 Å². The van der Waals surface area contributed by atoms with Gasteiger partial charge in [0.25, 0.3) is 0 Å². The topological polar surface area (TPSA) is 145 Å². The monoisotopic (exact) mass is 248 g/mol. The normalized spacial score (nSPS) is 15.9. The molecule has 0 radical (unpaired) electrons. The molecule has 0 heterocycles. The SMILES string of the molecule is O=P(O)(O)O.O=P(O)(O)OC1=CCC1. The summed E-state index contributed by atoms with van der Waals surface area (Å²) in [5.74, 6) is 0.406. The molecule has 84 valence electrons. The van der Waals surface area contributed by atoms with Crippen molar-refractivity contribution in [2.45, 2.75) is 12.8 Å². The summed E-state index contributed by atoms with van der Waals surface area (Å²) in [5.41, 5.74) is 0. The van der Waals surface area contributed by atoms with E-state index < -0.39 is 15.6 Å². The van der Waals surface area contributed by atoms with E-state index in [0.29, 0.717) is 12.2 Å². The Morgan fingerprint density at radius 1 is 1.14 bits per heavy atom. The van der Waals surface area contributed by atoms with E-state index in [-0.39, 0.29) is 0 Å². The molecule has 0 atom stereocenters. The first-order chi connectivity index (χ1) is 6.08. The Bertz CT molecular complexity index is 288. The molecule has 1 aliphatic rings. The molecule has 8 nitrogen and oxygen atoms in total. The summed E-state index contributed by atoms with van der Waals surface area (Å²) in [4.78, 5) is 38.0. The number of allylic oxidation sites excluding steroid dienone is 2. The maximum absolute atomic E-state index is 10.1. The molecule has 10 heteroatoms. The van der Waals surface area contributed by atoms with Gasteiger partial charge in [0.15, 0.2) is 0 Å². The Kier molecular flexibility index (Phi) is 4.97. The van der Waals surface area contributed by atoms with Crippen LogP contribution in [0.1, 0.15) is 12.8 Å². The van der Waals surface area contributed by atoms with Crippen LogP contribution >= 0.6 is 15.6 Å². The molecule has 0 fully saturated rings. The average Bonchev–Trinajstić information content (AvgIpc) is 1.72. The van der Waals surface area contributed by atoms with E-state index in [4.69, 9.17) is 29.0 Å². The van der Waals surface area contributed by atoms with Gasteiger partial charge < -0.3 is 19.2 Å². The van der Waals surface area contributed by atoms with Crippen molar-refractivity contribution in [3.05, 3.63) is 11.8 Å². The third-order valence-electron chi connectivity index (χ3n) is 0.999. The minimum atomic E-state index is -4.64. The van der Waals surface area contributed by atoms with Crippen LogP contribution in [-0.4, -0.2) is 24.5 Å². The van der Waals surface area contributed by atoms with Crippen LogP contribution in [0.4, 0.5) is 0 Å². The summed E-state index contributed by atoms with van der Waals surface area (Å²) in [7, 11) is -8.89. The zero-order chi connectivity index (χ0) is 11.4. The summed E-state index contributed by atoms with van der Waals surface area (Å²) in [6.45, 7) is 0. The molecular weight excluding hydrogens is 238 g/mol. The van der Waals surface area contributed by atoms with Gasteiger partial charge in [0, 0.05) is 6.42 Å². The van der Waals surface area contributed by atoms with Gasteiger partial charge in [-0.3, -0.25) is 9.79 Å². The molecule has 5 N–H and O–H groups in total. The Morgan fingerprint density at radius 2 is 1.50 bits per heavy atom. The van der Waals surface area contributed by atoms with E-state index in [9.17, 15) is 4.57 Å². The highest BCUT2D eigenvalue weighted by molar-refractivity contribution is 7.46. The average molecular weight is 248 g/mol. The first kappa shape index (κ1) is 13.8. The Hall–Kier alpha value is -0.200. The van der Waals surface area contributed by atoms with Crippen molar-refractivity contribution >= 4 is 15.6 Å². The number of phosphoric acid groups is 2. The summed E-state index contributed by atoms with van der Waals surface area (Å²) < 4.78 is 23.1. The van der Waals surface area contributed by atoms with Crippen LogP contribution in [0, 0.1) is 0 Å². The second-order valence-corrected chi connectivity index (χ2v) is 4.49. The van der Waals surface area contributed by atoms with Gasteiger partial charge in [-0.1, -0.05) is 0 Å². The number of rotatable bonds is 2. The van der Waals surface area contributed by atoms with Crippen molar-refractivity contribution in [3.63, 3.8) is 0 Å². The molecule has 1 aliphatic carbocycles. The summed E-state index contributed by atoms with van der Waals surface area (Å²) in [6.07, 6.45) is 3.15. The van der Waals surface area contributed by atoms with E-state index in [0.717, 1.165) is 6.42 Å². The van der Waals surface area contributed by atoms with E-state index in [2.05, 4.69) is 4.52 Å². The minimum Gasteiger partial charge on any atom is -0.409 e. The highest BCUT2D eigenvalue weighted by Crippen LogP contribution is 2.42. The molecule has 0 amide bonds. The fraction of sp³-hybridized carbons (Fsp3) is 0.500. The quantitative estimate of drug-likeness (QED) is 0.424. The van der Waals surface area contributed by atoms with Crippen molar-refractivity contribution < 1.29 is 38.1 Å². The van der Waals surface area contributed by atoms with E-state index in [1.54, 1.807) is 6.08 Å². The lowest BCUT2D eigenvalue weighted by atomic mass is 10.1. The smallest absolute Gasteiger partial charge is 0.409 e. The van der Waals surface area contributed by atoms with E-state index >= 15 is 0 Å². The largest absolute Gasteiger partial charge is 0.524 e. The molecule has 0 saturated heterocycles. The number of hydrogen-bond donors (Lipinski definition) is 5. The molecular formula is C4H10O8P2. The van der Waals surface area contributed by atoms with Gasteiger partial charge in [-0.05, 0) is 12.5 Å². The second-order valence-electron chi connectivity index (χ2n) is 2.30.